The van der Waals surface area contributed by atoms with Crippen molar-refractivity contribution in [2.75, 3.05) is 13.2 Å². The molecule has 0 aromatic heterocycles. The third-order valence-corrected chi connectivity index (χ3v) is 10.0. The van der Waals surface area contributed by atoms with E-state index in [4.69, 9.17) is 14.2 Å². The Hall–Kier alpha value is -1.59. The van der Waals surface area contributed by atoms with Crippen LogP contribution in [0.25, 0.3) is 0 Å². The van der Waals surface area contributed by atoms with E-state index in [1.165, 1.54) is 135 Å². The zero-order chi connectivity index (χ0) is 37.5. The van der Waals surface area contributed by atoms with Gasteiger partial charge in [-0.2, -0.15) is 0 Å². The molecule has 0 spiro atoms. The minimum atomic E-state index is -0.757. The van der Waals surface area contributed by atoms with Gasteiger partial charge in [0.15, 0.2) is 6.10 Å². The molecule has 0 aromatic carbocycles. The lowest BCUT2D eigenvalue weighted by Gasteiger charge is -2.18. The van der Waals surface area contributed by atoms with Crippen molar-refractivity contribution in [2.45, 2.75) is 252 Å². The van der Waals surface area contributed by atoms with Crippen LogP contribution in [0.1, 0.15) is 246 Å². The molecule has 0 heterocycles. The lowest BCUT2D eigenvalue weighted by Crippen LogP contribution is -2.30. The lowest BCUT2D eigenvalue weighted by molar-refractivity contribution is -0.167. The first-order valence-electron chi connectivity index (χ1n) is 22.4. The van der Waals surface area contributed by atoms with Crippen molar-refractivity contribution < 1.29 is 28.6 Å². The SMILES string of the molecule is CCCCCCCCCCCCCCC(=O)O[C@@H](COC(=O)CCCCCCC)COC(=O)CCCCCCCCCCCCCCCC(C)C. The number of carbonyl (C=O) groups is 3. The number of hydrogen-bond acceptors (Lipinski definition) is 6. The van der Waals surface area contributed by atoms with Crippen LogP contribution in [0.4, 0.5) is 0 Å². The standard InChI is InChI=1S/C45H86O6/c1-5-7-9-11-12-13-14-19-23-26-30-34-38-45(48)51-42(39-49-43(46)36-32-27-10-8-6-2)40-50-44(47)37-33-29-25-22-20-17-15-16-18-21-24-28-31-35-41(3)4/h41-42H,5-40H2,1-4H3/t42-/m0/s1. The van der Waals surface area contributed by atoms with Gasteiger partial charge in [-0.1, -0.05) is 207 Å². The van der Waals surface area contributed by atoms with Crippen LogP contribution in [-0.4, -0.2) is 37.2 Å². The summed E-state index contributed by atoms with van der Waals surface area (Å²) in [5.41, 5.74) is 0. The van der Waals surface area contributed by atoms with Crippen LogP contribution < -0.4 is 0 Å². The first-order chi connectivity index (χ1) is 24.9. The van der Waals surface area contributed by atoms with Crippen LogP contribution in [0, 0.1) is 5.92 Å². The van der Waals surface area contributed by atoms with Gasteiger partial charge in [0, 0.05) is 19.3 Å². The van der Waals surface area contributed by atoms with E-state index < -0.39 is 6.10 Å². The molecule has 0 fully saturated rings. The molecule has 51 heavy (non-hydrogen) atoms. The normalized spacial score (nSPS) is 11.9. The van der Waals surface area contributed by atoms with Gasteiger partial charge in [0.1, 0.15) is 13.2 Å². The second kappa shape index (κ2) is 39.6. The van der Waals surface area contributed by atoms with Crippen LogP contribution in [0.2, 0.25) is 0 Å². The molecule has 6 heteroatoms. The van der Waals surface area contributed by atoms with Crippen molar-refractivity contribution in [3.05, 3.63) is 0 Å². The van der Waals surface area contributed by atoms with E-state index in [0.717, 1.165) is 70.1 Å². The van der Waals surface area contributed by atoms with Crippen molar-refractivity contribution in [1.82, 2.24) is 0 Å². The second-order valence-electron chi connectivity index (χ2n) is 15.8. The summed E-state index contributed by atoms with van der Waals surface area (Å²) in [4.78, 5) is 37.4. The summed E-state index contributed by atoms with van der Waals surface area (Å²) in [6.45, 7) is 8.92. The molecule has 0 radical (unpaired) electrons. The molecular formula is C45H86O6. The summed E-state index contributed by atoms with van der Waals surface area (Å²) < 4.78 is 16.6. The Morgan fingerprint density at radius 2 is 0.647 bits per heavy atom. The molecule has 0 unspecified atom stereocenters. The van der Waals surface area contributed by atoms with E-state index in [1.54, 1.807) is 0 Å². The molecule has 6 nitrogen and oxygen atoms in total. The Kier molecular flexibility index (Phi) is 38.4. The fourth-order valence-corrected chi connectivity index (χ4v) is 6.63. The van der Waals surface area contributed by atoms with Crippen molar-refractivity contribution in [3.63, 3.8) is 0 Å². The molecule has 0 aliphatic carbocycles. The predicted octanol–water partition coefficient (Wildman–Crippen LogP) is 13.9. The van der Waals surface area contributed by atoms with Crippen LogP contribution in [0.5, 0.6) is 0 Å². The van der Waals surface area contributed by atoms with Gasteiger partial charge in [-0.25, -0.2) is 0 Å². The molecule has 0 N–H and O–H groups in total. The molecular weight excluding hydrogens is 636 g/mol. The summed E-state index contributed by atoms with van der Waals surface area (Å²) in [5.74, 6) is -0.0291. The second-order valence-corrected chi connectivity index (χ2v) is 15.8. The number of unbranched alkanes of at least 4 members (excludes halogenated alkanes) is 27. The number of ether oxygens (including phenoxy) is 3. The molecule has 0 saturated heterocycles. The highest BCUT2D eigenvalue weighted by atomic mass is 16.6. The average Bonchev–Trinajstić information content (AvgIpc) is 3.11. The van der Waals surface area contributed by atoms with Gasteiger partial charge in [0.25, 0.3) is 0 Å². The Morgan fingerprint density at radius 3 is 0.961 bits per heavy atom. The lowest BCUT2D eigenvalue weighted by atomic mass is 10.0. The van der Waals surface area contributed by atoms with E-state index in [9.17, 15) is 14.4 Å². The molecule has 1 atom stereocenters. The maximum Gasteiger partial charge on any atom is 0.306 e. The van der Waals surface area contributed by atoms with Gasteiger partial charge in [-0.05, 0) is 25.2 Å². The fraction of sp³-hybridized carbons (Fsp3) is 0.933. The highest BCUT2D eigenvalue weighted by molar-refractivity contribution is 5.71. The third-order valence-electron chi connectivity index (χ3n) is 10.0. The minimum absolute atomic E-state index is 0.0647. The summed E-state index contributed by atoms with van der Waals surface area (Å²) in [5, 5.41) is 0. The van der Waals surface area contributed by atoms with Crippen molar-refractivity contribution in [1.29, 1.82) is 0 Å². The zero-order valence-corrected chi connectivity index (χ0v) is 34.6. The number of esters is 3. The van der Waals surface area contributed by atoms with Gasteiger partial charge < -0.3 is 14.2 Å². The fourth-order valence-electron chi connectivity index (χ4n) is 6.63. The minimum Gasteiger partial charge on any atom is -0.462 e. The molecule has 0 aromatic rings. The van der Waals surface area contributed by atoms with E-state index in [-0.39, 0.29) is 31.1 Å². The first kappa shape index (κ1) is 49.4. The summed E-state index contributed by atoms with van der Waals surface area (Å²) >= 11 is 0. The van der Waals surface area contributed by atoms with Crippen molar-refractivity contribution >= 4 is 17.9 Å². The van der Waals surface area contributed by atoms with E-state index in [0.29, 0.717) is 19.3 Å². The first-order valence-corrected chi connectivity index (χ1v) is 22.4. The van der Waals surface area contributed by atoms with Crippen LogP contribution in [0.15, 0.2) is 0 Å². The molecule has 0 rings (SSSR count). The maximum atomic E-state index is 12.6. The molecule has 0 amide bonds. The van der Waals surface area contributed by atoms with Gasteiger partial charge in [0.2, 0.25) is 0 Å². The monoisotopic (exact) mass is 723 g/mol. The van der Waals surface area contributed by atoms with Crippen molar-refractivity contribution in [3.8, 4) is 0 Å². The predicted molar refractivity (Wildman–Crippen MR) is 215 cm³/mol. The van der Waals surface area contributed by atoms with Gasteiger partial charge >= 0.3 is 17.9 Å². The molecule has 0 bridgehead atoms. The smallest absolute Gasteiger partial charge is 0.306 e. The van der Waals surface area contributed by atoms with E-state index >= 15 is 0 Å². The number of carbonyl (C=O) groups excluding carboxylic acids is 3. The summed E-state index contributed by atoms with van der Waals surface area (Å²) in [6, 6.07) is 0. The number of hydrogen-bond donors (Lipinski definition) is 0. The average molecular weight is 723 g/mol. The molecule has 0 aliphatic heterocycles. The Labute approximate surface area is 317 Å². The van der Waals surface area contributed by atoms with E-state index in [1.807, 2.05) is 0 Å². The molecule has 302 valence electrons. The van der Waals surface area contributed by atoms with Gasteiger partial charge in [0.05, 0.1) is 0 Å². The summed E-state index contributed by atoms with van der Waals surface area (Å²) in [6.07, 6.45) is 38.3. The highest BCUT2D eigenvalue weighted by Crippen LogP contribution is 2.16. The Morgan fingerprint density at radius 1 is 0.373 bits per heavy atom. The van der Waals surface area contributed by atoms with Gasteiger partial charge in [-0.15, -0.1) is 0 Å². The Balaban J connectivity index is 4.17. The quantitative estimate of drug-likeness (QED) is 0.0356. The van der Waals surface area contributed by atoms with Crippen molar-refractivity contribution in [2.24, 2.45) is 5.92 Å². The van der Waals surface area contributed by atoms with Gasteiger partial charge in [-0.3, -0.25) is 14.4 Å². The Bertz CT molecular complexity index is 766. The van der Waals surface area contributed by atoms with Crippen LogP contribution in [-0.2, 0) is 28.6 Å². The highest BCUT2D eigenvalue weighted by Gasteiger charge is 2.19. The van der Waals surface area contributed by atoms with E-state index in [2.05, 4.69) is 27.7 Å². The molecule has 0 saturated carbocycles. The largest absolute Gasteiger partial charge is 0.462 e. The van der Waals surface area contributed by atoms with Crippen LogP contribution in [0.3, 0.4) is 0 Å². The number of rotatable bonds is 40. The topological polar surface area (TPSA) is 78.9 Å². The zero-order valence-electron chi connectivity index (χ0n) is 34.6. The summed E-state index contributed by atoms with van der Waals surface area (Å²) in [7, 11) is 0. The maximum absolute atomic E-state index is 12.6. The third kappa shape index (κ3) is 39.5. The molecule has 0 aliphatic rings. The van der Waals surface area contributed by atoms with Crippen LogP contribution >= 0.6 is 0 Å².